The molecule has 20 heavy (non-hydrogen) atoms. The first kappa shape index (κ1) is 14.3. The molecule has 6 nitrogen and oxygen atoms in total. The second kappa shape index (κ2) is 6.33. The average Bonchev–Trinajstić information content (AvgIpc) is 2.49. The summed E-state index contributed by atoms with van der Waals surface area (Å²) < 4.78 is 18.7. The second-order valence-corrected chi connectivity index (χ2v) is 4.30. The standard InChI is InChI=1S/C13H16FN3O3/c1-15-12(18)10-8-9(2-3-11(10)14)16-13(19)17-4-6-20-7-5-17/h2-3,8H,4-7H2,1H3,(H,15,18)(H,16,19). The average molecular weight is 281 g/mol. The van der Waals surface area contributed by atoms with Gasteiger partial charge in [-0.3, -0.25) is 4.79 Å². The van der Waals surface area contributed by atoms with E-state index >= 15 is 0 Å². The molecule has 0 saturated carbocycles. The van der Waals surface area contributed by atoms with Crippen LogP contribution in [0.1, 0.15) is 10.4 Å². The highest BCUT2D eigenvalue weighted by atomic mass is 19.1. The van der Waals surface area contributed by atoms with Gasteiger partial charge in [0.1, 0.15) is 5.82 Å². The zero-order valence-electron chi connectivity index (χ0n) is 11.1. The van der Waals surface area contributed by atoms with Gasteiger partial charge in [-0.1, -0.05) is 0 Å². The minimum absolute atomic E-state index is 0.104. The lowest BCUT2D eigenvalue weighted by Gasteiger charge is -2.27. The highest BCUT2D eigenvalue weighted by molar-refractivity contribution is 5.97. The normalized spacial score (nSPS) is 14.8. The van der Waals surface area contributed by atoms with Crippen LogP contribution in [-0.4, -0.2) is 50.2 Å². The summed E-state index contributed by atoms with van der Waals surface area (Å²) >= 11 is 0. The third-order valence-electron chi connectivity index (χ3n) is 2.99. The van der Waals surface area contributed by atoms with Gasteiger partial charge in [-0.15, -0.1) is 0 Å². The van der Waals surface area contributed by atoms with Crippen molar-refractivity contribution in [2.75, 3.05) is 38.7 Å². The Balaban J connectivity index is 2.09. The van der Waals surface area contributed by atoms with Crippen molar-refractivity contribution in [1.29, 1.82) is 0 Å². The summed E-state index contributed by atoms with van der Waals surface area (Å²) in [5, 5.41) is 4.99. The van der Waals surface area contributed by atoms with Crippen LogP contribution < -0.4 is 10.6 Å². The van der Waals surface area contributed by atoms with Crippen LogP contribution in [-0.2, 0) is 4.74 Å². The molecule has 0 atom stereocenters. The molecule has 0 aliphatic carbocycles. The number of benzene rings is 1. The van der Waals surface area contributed by atoms with E-state index in [1.807, 2.05) is 0 Å². The van der Waals surface area contributed by atoms with Gasteiger partial charge < -0.3 is 20.3 Å². The van der Waals surface area contributed by atoms with Crippen LogP contribution in [0.25, 0.3) is 0 Å². The number of hydrogen-bond acceptors (Lipinski definition) is 3. The molecular formula is C13H16FN3O3. The first-order chi connectivity index (χ1) is 9.61. The maximum absolute atomic E-state index is 13.5. The predicted octanol–water partition coefficient (Wildman–Crippen LogP) is 1.05. The molecule has 0 radical (unpaired) electrons. The first-order valence-electron chi connectivity index (χ1n) is 6.27. The molecule has 1 aliphatic rings. The topological polar surface area (TPSA) is 70.7 Å². The fourth-order valence-corrected chi connectivity index (χ4v) is 1.88. The molecule has 3 amide bonds. The smallest absolute Gasteiger partial charge is 0.321 e. The number of halogens is 1. The van der Waals surface area contributed by atoms with Gasteiger partial charge in [-0.25, -0.2) is 9.18 Å². The number of amides is 3. The zero-order chi connectivity index (χ0) is 14.5. The van der Waals surface area contributed by atoms with Gasteiger partial charge in [-0.2, -0.15) is 0 Å². The maximum atomic E-state index is 13.5. The molecular weight excluding hydrogens is 265 g/mol. The third kappa shape index (κ3) is 3.24. The lowest BCUT2D eigenvalue weighted by Crippen LogP contribution is -2.43. The van der Waals surface area contributed by atoms with Crippen LogP contribution in [0.3, 0.4) is 0 Å². The number of morpholine rings is 1. The number of carbonyl (C=O) groups excluding carboxylic acids is 2. The molecule has 0 bridgehead atoms. The van der Waals surface area contributed by atoms with E-state index in [1.54, 1.807) is 4.90 Å². The van der Waals surface area contributed by atoms with E-state index in [-0.39, 0.29) is 11.6 Å². The van der Waals surface area contributed by atoms with Crippen molar-refractivity contribution in [2.45, 2.75) is 0 Å². The Morgan fingerprint density at radius 3 is 2.65 bits per heavy atom. The summed E-state index contributed by atoms with van der Waals surface area (Å²) in [6, 6.07) is 3.59. The fourth-order valence-electron chi connectivity index (χ4n) is 1.88. The van der Waals surface area contributed by atoms with Crippen LogP contribution in [0.2, 0.25) is 0 Å². The molecule has 2 rings (SSSR count). The quantitative estimate of drug-likeness (QED) is 0.851. The Morgan fingerprint density at radius 2 is 2.00 bits per heavy atom. The maximum Gasteiger partial charge on any atom is 0.321 e. The Hall–Kier alpha value is -2.15. The van der Waals surface area contributed by atoms with Crippen molar-refractivity contribution in [3.05, 3.63) is 29.6 Å². The molecule has 0 spiro atoms. The molecule has 0 unspecified atom stereocenters. The third-order valence-corrected chi connectivity index (χ3v) is 2.99. The summed E-state index contributed by atoms with van der Waals surface area (Å²) in [6.07, 6.45) is 0. The highest BCUT2D eigenvalue weighted by Crippen LogP contribution is 2.15. The van der Waals surface area contributed by atoms with Gasteiger partial charge in [0.05, 0.1) is 18.8 Å². The van der Waals surface area contributed by atoms with Gasteiger partial charge in [-0.05, 0) is 18.2 Å². The van der Waals surface area contributed by atoms with Crippen molar-refractivity contribution in [2.24, 2.45) is 0 Å². The first-order valence-corrected chi connectivity index (χ1v) is 6.27. The highest BCUT2D eigenvalue weighted by Gasteiger charge is 2.18. The van der Waals surface area contributed by atoms with Gasteiger partial charge in [0.15, 0.2) is 0 Å². The van der Waals surface area contributed by atoms with E-state index in [9.17, 15) is 14.0 Å². The lowest BCUT2D eigenvalue weighted by molar-refractivity contribution is 0.0564. The summed E-state index contributed by atoms with van der Waals surface area (Å²) in [5.74, 6) is -1.17. The summed E-state index contributed by atoms with van der Waals surface area (Å²) in [7, 11) is 1.42. The van der Waals surface area contributed by atoms with Crippen LogP contribution in [0.5, 0.6) is 0 Å². The number of nitrogens with one attached hydrogen (secondary N) is 2. The van der Waals surface area contributed by atoms with Gasteiger partial charge in [0, 0.05) is 25.8 Å². The number of hydrogen-bond donors (Lipinski definition) is 2. The SMILES string of the molecule is CNC(=O)c1cc(NC(=O)N2CCOCC2)ccc1F. The number of ether oxygens (including phenoxy) is 1. The minimum atomic E-state index is -0.631. The van der Waals surface area contributed by atoms with Crippen LogP contribution in [0.4, 0.5) is 14.9 Å². The predicted molar refractivity (Wildman–Crippen MR) is 71.2 cm³/mol. The van der Waals surface area contributed by atoms with Gasteiger partial charge in [0.25, 0.3) is 5.91 Å². The summed E-state index contributed by atoms with van der Waals surface area (Å²) in [5.41, 5.74) is 0.272. The Kier molecular flexibility index (Phi) is 4.52. The van der Waals surface area contributed by atoms with E-state index in [1.165, 1.54) is 19.2 Å². The molecule has 1 heterocycles. The van der Waals surface area contributed by atoms with Crippen molar-refractivity contribution in [3.8, 4) is 0 Å². The Morgan fingerprint density at radius 1 is 1.30 bits per heavy atom. The second-order valence-electron chi connectivity index (χ2n) is 4.30. The van der Waals surface area contributed by atoms with E-state index in [0.29, 0.717) is 32.0 Å². The van der Waals surface area contributed by atoms with Crippen LogP contribution >= 0.6 is 0 Å². The number of anilines is 1. The largest absolute Gasteiger partial charge is 0.378 e. The lowest BCUT2D eigenvalue weighted by atomic mass is 10.1. The zero-order valence-corrected chi connectivity index (χ0v) is 11.1. The molecule has 0 aromatic heterocycles. The van der Waals surface area contributed by atoms with Crippen LogP contribution in [0.15, 0.2) is 18.2 Å². The van der Waals surface area contributed by atoms with Gasteiger partial charge >= 0.3 is 6.03 Å². The molecule has 7 heteroatoms. The molecule has 1 aromatic rings. The number of nitrogens with zero attached hydrogens (tertiary/aromatic N) is 1. The van der Waals surface area contributed by atoms with Gasteiger partial charge in [0.2, 0.25) is 0 Å². The van der Waals surface area contributed by atoms with E-state index in [0.717, 1.165) is 6.07 Å². The Bertz CT molecular complexity index is 516. The molecule has 1 saturated heterocycles. The molecule has 108 valence electrons. The van der Waals surface area contributed by atoms with E-state index < -0.39 is 11.7 Å². The number of carbonyl (C=O) groups is 2. The van der Waals surface area contributed by atoms with Crippen molar-refractivity contribution in [1.82, 2.24) is 10.2 Å². The Labute approximate surface area is 115 Å². The molecule has 2 N–H and O–H groups in total. The summed E-state index contributed by atoms with van der Waals surface area (Å²) in [4.78, 5) is 25.1. The molecule has 1 aliphatic heterocycles. The number of rotatable bonds is 2. The summed E-state index contributed by atoms with van der Waals surface area (Å²) in [6.45, 7) is 2.02. The van der Waals surface area contributed by atoms with E-state index in [4.69, 9.17) is 4.74 Å². The number of urea groups is 1. The minimum Gasteiger partial charge on any atom is -0.378 e. The molecule has 1 fully saturated rings. The van der Waals surface area contributed by atoms with Crippen molar-refractivity contribution in [3.63, 3.8) is 0 Å². The molecule has 1 aromatic carbocycles. The van der Waals surface area contributed by atoms with Crippen molar-refractivity contribution >= 4 is 17.6 Å². The van der Waals surface area contributed by atoms with Crippen LogP contribution in [0, 0.1) is 5.82 Å². The van der Waals surface area contributed by atoms with E-state index in [2.05, 4.69) is 10.6 Å². The van der Waals surface area contributed by atoms with Crippen molar-refractivity contribution < 1.29 is 18.7 Å². The monoisotopic (exact) mass is 281 g/mol. The fraction of sp³-hybridized carbons (Fsp3) is 0.385.